The Labute approximate surface area is 97.1 Å². The molecule has 0 spiro atoms. The van der Waals surface area contributed by atoms with Crippen LogP contribution in [0.25, 0.3) is 0 Å². The van der Waals surface area contributed by atoms with E-state index >= 15 is 0 Å². The Bertz CT molecular complexity index is 364. The number of hydrogen-bond donors (Lipinski definition) is 1. The molecule has 1 aromatic rings. The van der Waals surface area contributed by atoms with Crippen LogP contribution in [0.2, 0.25) is 0 Å². The van der Waals surface area contributed by atoms with Crippen LogP contribution in [-0.4, -0.2) is 13.1 Å². The van der Waals surface area contributed by atoms with E-state index in [1.54, 1.807) is 12.1 Å². The third kappa shape index (κ3) is 1.86. The molecule has 1 aliphatic rings. The second kappa shape index (κ2) is 4.54. The number of benzene rings is 1. The minimum atomic E-state index is -0.0386. The van der Waals surface area contributed by atoms with Gasteiger partial charge in [0.15, 0.2) is 0 Å². The summed E-state index contributed by atoms with van der Waals surface area (Å²) in [5, 5.41) is 3.37. The maximum atomic E-state index is 13.8. The molecule has 0 radical (unpaired) electrons. The SMILES string of the molecule is CCNCC1CC1(CC)c1ccccc1F. The fraction of sp³-hybridized carbons (Fsp3) is 0.571. The summed E-state index contributed by atoms with van der Waals surface area (Å²) in [7, 11) is 0. The molecule has 2 heteroatoms. The van der Waals surface area contributed by atoms with Crippen molar-refractivity contribution in [1.82, 2.24) is 5.32 Å². The molecule has 1 aliphatic carbocycles. The van der Waals surface area contributed by atoms with Crippen molar-refractivity contribution in [2.45, 2.75) is 32.1 Å². The van der Waals surface area contributed by atoms with E-state index < -0.39 is 0 Å². The van der Waals surface area contributed by atoms with Gasteiger partial charge in [0, 0.05) is 5.41 Å². The Morgan fingerprint density at radius 3 is 2.75 bits per heavy atom. The van der Waals surface area contributed by atoms with Crippen molar-refractivity contribution in [2.75, 3.05) is 13.1 Å². The van der Waals surface area contributed by atoms with Crippen LogP contribution in [0.3, 0.4) is 0 Å². The maximum Gasteiger partial charge on any atom is 0.126 e. The summed E-state index contributed by atoms with van der Waals surface area (Å²) in [5.74, 6) is 0.567. The first-order chi connectivity index (χ1) is 7.74. The van der Waals surface area contributed by atoms with Crippen LogP contribution in [0, 0.1) is 11.7 Å². The van der Waals surface area contributed by atoms with E-state index in [2.05, 4.69) is 19.2 Å². The van der Waals surface area contributed by atoms with E-state index in [0.29, 0.717) is 5.92 Å². The van der Waals surface area contributed by atoms with Crippen molar-refractivity contribution in [3.63, 3.8) is 0 Å². The van der Waals surface area contributed by atoms with Crippen molar-refractivity contribution < 1.29 is 4.39 Å². The highest BCUT2D eigenvalue weighted by molar-refractivity contribution is 5.34. The highest BCUT2D eigenvalue weighted by Crippen LogP contribution is 2.56. The van der Waals surface area contributed by atoms with Gasteiger partial charge < -0.3 is 5.32 Å². The topological polar surface area (TPSA) is 12.0 Å². The van der Waals surface area contributed by atoms with Gasteiger partial charge in [0.2, 0.25) is 0 Å². The molecule has 0 aliphatic heterocycles. The Morgan fingerprint density at radius 2 is 2.12 bits per heavy atom. The minimum Gasteiger partial charge on any atom is -0.317 e. The molecule has 88 valence electrons. The zero-order chi connectivity index (χ0) is 11.6. The molecule has 2 rings (SSSR count). The van der Waals surface area contributed by atoms with Crippen molar-refractivity contribution >= 4 is 0 Å². The lowest BCUT2D eigenvalue weighted by Gasteiger charge is -2.16. The van der Waals surface area contributed by atoms with Crippen molar-refractivity contribution in [3.8, 4) is 0 Å². The van der Waals surface area contributed by atoms with E-state index in [-0.39, 0.29) is 11.2 Å². The van der Waals surface area contributed by atoms with Gasteiger partial charge in [-0.2, -0.15) is 0 Å². The maximum absolute atomic E-state index is 13.8. The standard InChI is InChI=1S/C14H20FN/c1-3-14(9-11(14)10-16-4-2)12-7-5-6-8-13(12)15/h5-8,11,16H,3-4,9-10H2,1-2H3. The highest BCUT2D eigenvalue weighted by atomic mass is 19.1. The predicted octanol–water partition coefficient (Wildman–Crippen LogP) is 3.10. The van der Waals surface area contributed by atoms with Crippen LogP contribution in [0.4, 0.5) is 4.39 Å². The van der Waals surface area contributed by atoms with Gasteiger partial charge in [0.25, 0.3) is 0 Å². The zero-order valence-corrected chi connectivity index (χ0v) is 10.1. The summed E-state index contributed by atoms with van der Waals surface area (Å²) >= 11 is 0. The Hall–Kier alpha value is -0.890. The van der Waals surface area contributed by atoms with Gasteiger partial charge in [0.05, 0.1) is 0 Å². The fourth-order valence-corrected chi connectivity index (χ4v) is 2.79. The van der Waals surface area contributed by atoms with E-state index in [9.17, 15) is 4.39 Å². The van der Waals surface area contributed by atoms with E-state index in [0.717, 1.165) is 31.5 Å². The second-order valence-electron chi connectivity index (χ2n) is 4.70. The summed E-state index contributed by atoms with van der Waals surface area (Å²) in [4.78, 5) is 0. The molecule has 1 nitrogen and oxygen atoms in total. The molecular formula is C14H20FN. The molecule has 16 heavy (non-hydrogen) atoms. The van der Waals surface area contributed by atoms with Crippen LogP contribution in [0.1, 0.15) is 32.3 Å². The van der Waals surface area contributed by atoms with Crippen molar-refractivity contribution in [2.24, 2.45) is 5.92 Å². The number of halogens is 1. The molecular weight excluding hydrogens is 201 g/mol. The number of rotatable bonds is 5. The largest absolute Gasteiger partial charge is 0.317 e. The Balaban J connectivity index is 2.16. The molecule has 0 bridgehead atoms. The lowest BCUT2D eigenvalue weighted by atomic mass is 9.90. The average molecular weight is 221 g/mol. The minimum absolute atomic E-state index is 0.0386. The number of nitrogens with one attached hydrogen (secondary N) is 1. The molecule has 0 heterocycles. The van der Waals surface area contributed by atoms with Gasteiger partial charge in [-0.05, 0) is 43.5 Å². The summed E-state index contributed by atoms with van der Waals surface area (Å²) in [6, 6.07) is 7.24. The lowest BCUT2D eigenvalue weighted by molar-refractivity contribution is 0.510. The van der Waals surface area contributed by atoms with Gasteiger partial charge in [-0.3, -0.25) is 0 Å². The molecule has 0 amide bonds. The predicted molar refractivity (Wildman–Crippen MR) is 65.0 cm³/mol. The fourth-order valence-electron chi connectivity index (χ4n) is 2.79. The molecule has 0 saturated heterocycles. The molecule has 1 N–H and O–H groups in total. The summed E-state index contributed by atoms with van der Waals surface area (Å²) in [5.41, 5.74) is 1.02. The smallest absolute Gasteiger partial charge is 0.126 e. The lowest BCUT2D eigenvalue weighted by Crippen LogP contribution is -2.21. The third-order valence-electron chi connectivity index (χ3n) is 3.91. The molecule has 1 fully saturated rings. The molecule has 2 atom stereocenters. The molecule has 1 saturated carbocycles. The van der Waals surface area contributed by atoms with Crippen LogP contribution in [-0.2, 0) is 5.41 Å². The van der Waals surface area contributed by atoms with Crippen LogP contribution in [0.15, 0.2) is 24.3 Å². The molecule has 2 unspecified atom stereocenters. The first-order valence-corrected chi connectivity index (χ1v) is 6.20. The van der Waals surface area contributed by atoms with E-state index in [4.69, 9.17) is 0 Å². The summed E-state index contributed by atoms with van der Waals surface area (Å²) in [6.07, 6.45) is 2.15. The first kappa shape index (κ1) is 11.6. The third-order valence-corrected chi connectivity index (χ3v) is 3.91. The van der Waals surface area contributed by atoms with Crippen LogP contribution < -0.4 is 5.32 Å². The number of hydrogen-bond acceptors (Lipinski definition) is 1. The zero-order valence-electron chi connectivity index (χ0n) is 10.1. The second-order valence-corrected chi connectivity index (χ2v) is 4.70. The first-order valence-electron chi connectivity index (χ1n) is 6.20. The average Bonchev–Trinajstić information content (AvgIpc) is 3.02. The summed E-state index contributed by atoms with van der Waals surface area (Å²) < 4.78 is 13.8. The summed E-state index contributed by atoms with van der Waals surface area (Å²) in [6.45, 7) is 6.28. The molecule has 1 aromatic carbocycles. The van der Waals surface area contributed by atoms with E-state index in [1.165, 1.54) is 0 Å². The van der Waals surface area contributed by atoms with Gasteiger partial charge in [-0.25, -0.2) is 4.39 Å². The van der Waals surface area contributed by atoms with Gasteiger partial charge >= 0.3 is 0 Å². The monoisotopic (exact) mass is 221 g/mol. The highest BCUT2D eigenvalue weighted by Gasteiger charge is 2.54. The Kier molecular flexibility index (Phi) is 3.29. The quantitative estimate of drug-likeness (QED) is 0.805. The van der Waals surface area contributed by atoms with Crippen LogP contribution in [0.5, 0.6) is 0 Å². The Morgan fingerprint density at radius 1 is 1.38 bits per heavy atom. The van der Waals surface area contributed by atoms with Crippen molar-refractivity contribution in [1.29, 1.82) is 0 Å². The van der Waals surface area contributed by atoms with Gasteiger partial charge in [-0.1, -0.05) is 32.0 Å². The van der Waals surface area contributed by atoms with Gasteiger partial charge in [0.1, 0.15) is 5.82 Å². The van der Waals surface area contributed by atoms with Crippen LogP contribution >= 0.6 is 0 Å². The van der Waals surface area contributed by atoms with Crippen molar-refractivity contribution in [3.05, 3.63) is 35.6 Å². The van der Waals surface area contributed by atoms with E-state index in [1.807, 2.05) is 12.1 Å². The molecule has 0 aromatic heterocycles. The van der Waals surface area contributed by atoms with Gasteiger partial charge in [-0.15, -0.1) is 0 Å². The normalized spacial score (nSPS) is 28.1.